The van der Waals surface area contributed by atoms with Crippen molar-refractivity contribution in [2.75, 3.05) is 0 Å². The zero-order valence-electron chi connectivity index (χ0n) is 31.4. The van der Waals surface area contributed by atoms with Gasteiger partial charge in [-0.25, -0.2) is 19.9 Å². The lowest BCUT2D eigenvalue weighted by atomic mass is 9.99. The zero-order valence-corrected chi connectivity index (χ0v) is 31.4. The molecule has 0 aliphatic carbocycles. The van der Waals surface area contributed by atoms with E-state index in [0.29, 0.717) is 5.82 Å². The summed E-state index contributed by atoms with van der Waals surface area (Å²) < 4.78 is 0. The fourth-order valence-electron chi connectivity index (χ4n) is 7.27. The van der Waals surface area contributed by atoms with Gasteiger partial charge in [0, 0.05) is 33.8 Å². The van der Waals surface area contributed by atoms with Crippen LogP contribution in [0.5, 0.6) is 0 Å². The second kappa shape index (κ2) is 15.3. The molecule has 272 valence electrons. The highest BCUT2D eigenvalue weighted by Crippen LogP contribution is 2.33. The van der Waals surface area contributed by atoms with Crippen LogP contribution in [0.2, 0.25) is 0 Å². The average molecular weight is 742 g/mol. The van der Waals surface area contributed by atoms with E-state index in [4.69, 9.17) is 24.9 Å². The van der Waals surface area contributed by atoms with Crippen LogP contribution in [0.25, 0.3) is 101 Å². The Kier molecular flexibility index (Phi) is 9.14. The van der Waals surface area contributed by atoms with Gasteiger partial charge in [-0.2, -0.15) is 0 Å². The number of fused-ring (bicyclic) bond motifs is 1. The Morgan fingerprint density at radius 1 is 0.241 bits per heavy atom. The van der Waals surface area contributed by atoms with Gasteiger partial charge in [0.25, 0.3) is 0 Å². The SMILES string of the molecule is c1ccc(-c2cc(-c3ccc(-c4ccc(-c5ccc(-c6nc(-c7ccccc7)cc(-c7ccccc7)n6)cc5)cc4)cn3)nc(-c3ccc4ccccc4n3)c2)cc1. The predicted molar refractivity (Wildman–Crippen MR) is 236 cm³/mol. The molecular formula is C53H35N5. The lowest BCUT2D eigenvalue weighted by molar-refractivity contribution is 1.18. The molecule has 10 aromatic rings. The van der Waals surface area contributed by atoms with E-state index in [2.05, 4.69) is 140 Å². The molecule has 0 fully saturated rings. The topological polar surface area (TPSA) is 64.5 Å². The molecule has 0 bridgehead atoms. The fourth-order valence-corrected chi connectivity index (χ4v) is 7.27. The summed E-state index contributed by atoms with van der Waals surface area (Å²) in [5.41, 5.74) is 15.6. The summed E-state index contributed by atoms with van der Waals surface area (Å²) in [6.45, 7) is 0. The lowest BCUT2D eigenvalue weighted by Crippen LogP contribution is -1.95. The van der Waals surface area contributed by atoms with Crippen LogP contribution in [0.4, 0.5) is 0 Å². The first kappa shape index (κ1) is 34.6. The van der Waals surface area contributed by atoms with Crippen molar-refractivity contribution in [3.63, 3.8) is 0 Å². The van der Waals surface area contributed by atoms with Crippen molar-refractivity contribution in [2.45, 2.75) is 0 Å². The van der Waals surface area contributed by atoms with E-state index in [1.54, 1.807) is 0 Å². The van der Waals surface area contributed by atoms with Crippen LogP contribution in [0.3, 0.4) is 0 Å². The molecule has 0 aliphatic heterocycles. The van der Waals surface area contributed by atoms with E-state index in [-0.39, 0.29) is 0 Å². The van der Waals surface area contributed by atoms with E-state index in [9.17, 15) is 0 Å². The normalized spacial score (nSPS) is 11.1. The molecule has 5 heteroatoms. The number of benzene rings is 6. The second-order valence-electron chi connectivity index (χ2n) is 14.2. The first-order valence-corrected chi connectivity index (χ1v) is 19.3. The van der Waals surface area contributed by atoms with Crippen LogP contribution >= 0.6 is 0 Å². The summed E-state index contributed by atoms with van der Waals surface area (Å²) >= 11 is 0. The van der Waals surface area contributed by atoms with Crippen molar-refractivity contribution in [3.05, 3.63) is 212 Å². The largest absolute Gasteiger partial charge is 0.254 e. The Morgan fingerprint density at radius 3 is 1.29 bits per heavy atom. The highest BCUT2D eigenvalue weighted by Gasteiger charge is 2.14. The molecule has 0 saturated heterocycles. The van der Waals surface area contributed by atoms with Gasteiger partial charge >= 0.3 is 0 Å². The summed E-state index contributed by atoms with van der Waals surface area (Å²) in [5, 5.41) is 1.10. The maximum atomic E-state index is 5.08. The molecule has 0 spiro atoms. The number of rotatable bonds is 8. The third-order valence-corrected chi connectivity index (χ3v) is 10.4. The smallest absolute Gasteiger partial charge is 0.160 e. The predicted octanol–water partition coefficient (Wildman–Crippen LogP) is 13.2. The molecule has 0 radical (unpaired) electrons. The average Bonchev–Trinajstić information content (AvgIpc) is 3.32. The fraction of sp³-hybridized carbons (Fsp3) is 0. The molecule has 58 heavy (non-hydrogen) atoms. The van der Waals surface area contributed by atoms with E-state index < -0.39 is 0 Å². The molecule has 0 amide bonds. The van der Waals surface area contributed by atoms with Gasteiger partial charge in [0.05, 0.1) is 39.7 Å². The minimum Gasteiger partial charge on any atom is -0.254 e. The van der Waals surface area contributed by atoms with E-state index in [1.807, 2.05) is 72.9 Å². The molecular weight excluding hydrogens is 707 g/mol. The van der Waals surface area contributed by atoms with Crippen LogP contribution in [0, 0.1) is 0 Å². The van der Waals surface area contributed by atoms with Crippen molar-refractivity contribution in [1.82, 2.24) is 24.9 Å². The first-order chi connectivity index (χ1) is 28.7. The Labute approximate surface area is 337 Å². The van der Waals surface area contributed by atoms with Gasteiger partial charge in [0.1, 0.15) is 0 Å². The van der Waals surface area contributed by atoms with Gasteiger partial charge < -0.3 is 0 Å². The summed E-state index contributed by atoms with van der Waals surface area (Å²) in [5.74, 6) is 0.696. The Balaban J connectivity index is 0.913. The molecule has 6 aromatic carbocycles. The van der Waals surface area contributed by atoms with Crippen LogP contribution in [0.15, 0.2) is 212 Å². The lowest BCUT2D eigenvalue weighted by Gasteiger charge is -2.11. The number of pyridine rings is 3. The van der Waals surface area contributed by atoms with Crippen molar-refractivity contribution in [1.29, 1.82) is 0 Å². The van der Waals surface area contributed by atoms with E-state index in [0.717, 1.165) is 95.1 Å². The second-order valence-corrected chi connectivity index (χ2v) is 14.2. The maximum absolute atomic E-state index is 5.08. The minimum absolute atomic E-state index is 0.696. The van der Waals surface area contributed by atoms with Crippen molar-refractivity contribution in [3.8, 4) is 90.1 Å². The van der Waals surface area contributed by atoms with Gasteiger partial charge in [-0.3, -0.25) is 4.98 Å². The minimum atomic E-state index is 0.696. The Bertz CT molecular complexity index is 2950. The number of aromatic nitrogens is 5. The first-order valence-electron chi connectivity index (χ1n) is 19.3. The van der Waals surface area contributed by atoms with Crippen LogP contribution in [-0.4, -0.2) is 24.9 Å². The van der Waals surface area contributed by atoms with Gasteiger partial charge in [0.15, 0.2) is 5.82 Å². The molecule has 0 aliphatic rings. The summed E-state index contributed by atoms with van der Waals surface area (Å²) in [4.78, 5) is 24.9. The van der Waals surface area contributed by atoms with Gasteiger partial charge in [-0.15, -0.1) is 0 Å². The molecule has 4 heterocycles. The Morgan fingerprint density at radius 2 is 0.707 bits per heavy atom. The molecule has 5 nitrogen and oxygen atoms in total. The standard InChI is InChI=1S/C53H35N5/c1-4-12-36(13-5-1)45-32-51(56-52(33-45)48-31-28-42-18-10-11-19-46(42)55-48)47-30-29-44(35-54-47)39-22-20-37(21-23-39)38-24-26-43(27-25-38)53-57-49(40-14-6-2-7-15-40)34-50(58-53)41-16-8-3-9-17-41/h1-35H. The molecule has 0 atom stereocenters. The number of hydrogen-bond acceptors (Lipinski definition) is 5. The quantitative estimate of drug-likeness (QED) is 0.155. The Hall–Kier alpha value is -7.89. The van der Waals surface area contributed by atoms with Crippen molar-refractivity contribution < 1.29 is 0 Å². The number of hydrogen-bond donors (Lipinski definition) is 0. The number of nitrogens with zero attached hydrogens (tertiary/aromatic N) is 5. The summed E-state index contributed by atoms with van der Waals surface area (Å²) in [6.07, 6.45) is 1.93. The van der Waals surface area contributed by atoms with Gasteiger partial charge in [-0.1, -0.05) is 170 Å². The summed E-state index contributed by atoms with van der Waals surface area (Å²) in [6, 6.07) is 70.7. The number of para-hydroxylation sites is 1. The zero-order chi connectivity index (χ0) is 38.7. The summed E-state index contributed by atoms with van der Waals surface area (Å²) in [7, 11) is 0. The van der Waals surface area contributed by atoms with Crippen LogP contribution < -0.4 is 0 Å². The molecule has 10 rings (SSSR count). The van der Waals surface area contributed by atoms with E-state index in [1.165, 1.54) is 0 Å². The third-order valence-electron chi connectivity index (χ3n) is 10.4. The highest BCUT2D eigenvalue weighted by molar-refractivity contribution is 5.83. The van der Waals surface area contributed by atoms with Crippen molar-refractivity contribution in [2.24, 2.45) is 0 Å². The monoisotopic (exact) mass is 741 g/mol. The molecule has 0 saturated carbocycles. The molecule has 0 N–H and O–H groups in total. The van der Waals surface area contributed by atoms with Gasteiger partial charge in [0.2, 0.25) is 0 Å². The molecule has 0 unspecified atom stereocenters. The van der Waals surface area contributed by atoms with Gasteiger partial charge in [-0.05, 0) is 64.2 Å². The third kappa shape index (κ3) is 7.16. The van der Waals surface area contributed by atoms with Crippen LogP contribution in [-0.2, 0) is 0 Å². The van der Waals surface area contributed by atoms with Crippen LogP contribution in [0.1, 0.15) is 0 Å². The van der Waals surface area contributed by atoms with Crippen molar-refractivity contribution >= 4 is 10.9 Å². The van der Waals surface area contributed by atoms with E-state index >= 15 is 0 Å². The highest BCUT2D eigenvalue weighted by atomic mass is 14.9. The maximum Gasteiger partial charge on any atom is 0.160 e. The molecule has 4 aromatic heterocycles.